The lowest BCUT2D eigenvalue weighted by Gasteiger charge is -2.32. The predicted octanol–water partition coefficient (Wildman–Crippen LogP) is 3.47. The zero-order chi connectivity index (χ0) is 16.4. The predicted molar refractivity (Wildman–Crippen MR) is 95.5 cm³/mol. The summed E-state index contributed by atoms with van der Waals surface area (Å²) in [6, 6.07) is 4.40. The van der Waals surface area contributed by atoms with Crippen molar-refractivity contribution in [3.63, 3.8) is 0 Å². The molecule has 0 saturated carbocycles. The molecule has 1 aliphatic rings. The van der Waals surface area contributed by atoms with E-state index in [4.69, 9.17) is 0 Å². The van der Waals surface area contributed by atoms with E-state index in [0.29, 0.717) is 0 Å². The van der Waals surface area contributed by atoms with E-state index in [1.54, 1.807) is 11.3 Å². The largest absolute Gasteiger partial charge is 0.349 e. The maximum absolute atomic E-state index is 12.6. The fraction of sp³-hybridized carbons (Fsp3) is 0.444. The number of hydrogen-bond acceptors (Lipinski definition) is 4. The number of aryl methyl sites for hydroxylation is 3. The molecule has 1 aromatic carbocycles. The lowest BCUT2D eigenvalue weighted by Crippen LogP contribution is -2.45. The molecule has 122 valence electrons. The minimum Gasteiger partial charge on any atom is -0.349 e. The van der Waals surface area contributed by atoms with Gasteiger partial charge in [-0.05, 0) is 44.7 Å². The van der Waals surface area contributed by atoms with Crippen LogP contribution in [0.25, 0.3) is 0 Å². The molecule has 3 rings (SSSR count). The van der Waals surface area contributed by atoms with Crippen LogP contribution in [-0.4, -0.2) is 30.0 Å². The summed E-state index contributed by atoms with van der Waals surface area (Å²) in [5.74, 6) is 0.0627. The number of benzene rings is 1. The number of carbonyl (C=O) groups is 1. The first-order valence-electron chi connectivity index (χ1n) is 8.08. The van der Waals surface area contributed by atoms with Crippen LogP contribution in [0.2, 0.25) is 0 Å². The highest BCUT2D eigenvalue weighted by molar-refractivity contribution is 7.13. The molecule has 1 saturated heterocycles. The van der Waals surface area contributed by atoms with Gasteiger partial charge in [0.05, 0.1) is 0 Å². The van der Waals surface area contributed by atoms with Crippen LogP contribution in [0, 0.1) is 20.8 Å². The Labute approximate surface area is 141 Å². The van der Waals surface area contributed by atoms with Crippen molar-refractivity contribution < 1.29 is 4.79 Å². The Morgan fingerprint density at radius 3 is 2.43 bits per heavy atom. The summed E-state index contributed by atoms with van der Waals surface area (Å²) in [5, 5.41) is 6.31. The van der Waals surface area contributed by atoms with Crippen LogP contribution in [0.4, 0.5) is 5.13 Å². The highest BCUT2D eigenvalue weighted by Gasteiger charge is 2.23. The number of nitrogens with one attached hydrogen (secondary N) is 1. The molecule has 1 amide bonds. The number of anilines is 1. The Kier molecular flexibility index (Phi) is 4.66. The summed E-state index contributed by atoms with van der Waals surface area (Å²) in [4.78, 5) is 19.3. The second-order valence-electron chi connectivity index (χ2n) is 6.32. The van der Waals surface area contributed by atoms with Gasteiger partial charge in [0.15, 0.2) is 5.13 Å². The minimum absolute atomic E-state index is 0.0627. The molecule has 23 heavy (non-hydrogen) atoms. The van der Waals surface area contributed by atoms with Crippen LogP contribution < -0.4 is 10.2 Å². The van der Waals surface area contributed by atoms with Crippen LogP contribution in [0.3, 0.4) is 0 Å². The van der Waals surface area contributed by atoms with E-state index in [1.807, 2.05) is 25.4 Å². The van der Waals surface area contributed by atoms with Crippen LogP contribution in [0.1, 0.15) is 39.9 Å². The first kappa shape index (κ1) is 16.0. The average molecular weight is 329 g/mol. The highest BCUT2D eigenvalue weighted by atomic mass is 32.1. The summed E-state index contributed by atoms with van der Waals surface area (Å²) in [6.07, 6.45) is 3.78. The number of hydrogen-bond donors (Lipinski definition) is 1. The molecule has 0 radical (unpaired) electrons. The molecular weight excluding hydrogens is 306 g/mol. The molecule has 1 fully saturated rings. The van der Waals surface area contributed by atoms with E-state index in [1.165, 1.54) is 5.56 Å². The van der Waals surface area contributed by atoms with Gasteiger partial charge in [-0.15, -0.1) is 11.3 Å². The second-order valence-corrected chi connectivity index (χ2v) is 7.20. The molecule has 0 atom stereocenters. The number of rotatable bonds is 3. The quantitative estimate of drug-likeness (QED) is 0.938. The average Bonchev–Trinajstić information content (AvgIpc) is 3.01. The van der Waals surface area contributed by atoms with Crippen molar-refractivity contribution in [3.8, 4) is 0 Å². The van der Waals surface area contributed by atoms with E-state index >= 15 is 0 Å². The maximum atomic E-state index is 12.6. The highest BCUT2D eigenvalue weighted by Crippen LogP contribution is 2.23. The molecule has 0 bridgehead atoms. The van der Waals surface area contributed by atoms with Gasteiger partial charge in [0.2, 0.25) is 0 Å². The SMILES string of the molecule is Cc1cc(C)c(C(=O)NC2CCN(c3nccs3)CC2)c(C)c1. The van der Waals surface area contributed by atoms with E-state index in [2.05, 4.69) is 34.3 Å². The molecule has 5 heteroatoms. The Morgan fingerprint density at radius 1 is 1.22 bits per heavy atom. The Balaban J connectivity index is 1.62. The lowest BCUT2D eigenvalue weighted by molar-refractivity contribution is 0.0930. The van der Waals surface area contributed by atoms with Crippen molar-refractivity contribution in [2.75, 3.05) is 18.0 Å². The van der Waals surface area contributed by atoms with Crippen LogP contribution in [-0.2, 0) is 0 Å². The maximum Gasteiger partial charge on any atom is 0.252 e. The Hall–Kier alpha value is -1.88. The summed E-state index contributed by atoms with van der Waals surface area (Å²) in [6.45, 7) is 7.99. The molecule has 0 aliphatic carbocycles. The van der Waals surface area contributed by atoms with Crippen molar-refractivity contribution in [1.82, 2.24) is 10.3 Å². The van der Waals surface area contributed by atoms with Gasteiger partial charge in [0, 0.05) is 36.3 Å². The van der Waals surface area contributed by atoms with Gasteiger partial charge in [0.1, 0.15) is 0 Å². The first-order valence-corrected chi connectivity index (χ1v) is 8.95. The van der Waals surface area contributed by atoms with Gasteiger partial charge in [-0.25, -0.2) is 4.98 Å². The summed E-state index contributed by atoms with van der Waals surface area (Å²) < 4.78 is 0. The molecule has 1 aliphatic heterocycles. The number of carbonyl (C=O) groups excluding carboxylic acids is 1. The van der Waals surface area contributed by atoms with Gasteiger partial charge >= 0.3 is 0 Å². The number of piperidine rings is 1. The third-order valence-electron chi connectivity index (χ3n) is 4.42. The third-order valence-corrected chi connectivity index (χ3v) is 5.26. The van der Waals surface area contributed by atoms with Crippen molar-refractivity contribution in [3.05, 3.63) is 46.0 Å². The van der Waals surface area contributed by atoms with Crippen LogP contribution in [0.5, 0.6) is 0 Å². The lowest BCUT2D eigenvalue weighted by atomic mass is 9.98. The molecule has 2 heterocycles. The summed E-state index contributed by atoms with van der Waals surface area (Å²) in [7, 11) is 0. The van der Waals surface area contributed by atoms with E-state index in [0.717, 1.165) is 47.8 Å². The molecule has 0 spiro atoms. The van der Waals surface area contributed by atoms with Crippen LogP contribution >= 0.6 is 11.3 Å². The fourth-order valence-electron chi connectivity index (χ4n) is 3.38. The number of aromatic nitrogens is 1. The Morgan fingerprint density at radius 2 is 1.87 bits per heavy atom. The van der Waals surface area contributed by atoms with Crippen molar-refractivity contribution in [2.45, 2.75) is 39.7 Å². The van der Waals surface area contributed by atoms with Gasteiger partial charge < -0.3 is 10.2 Å². The smallest absolute Gasteiger partial charge is 0.252 e. The van der Waals surface area contributed by atoms with E-state index in [-0.39, 0.29) is 11.9 Å². The molecule has 2 aromatic rings. The van der Waals surface area contributed by atoms with Crippen molar-refractivity contribution in [2.24, 2.45) is 0 Å². The van der Waals surface area contributed by atoms with Crippen LogP contribution in [0.15, 0.2) is 23.7 Å². The summed E-state index contributed by atoms with van der Waals surface area (Å²) >= 11 is 1.67. The molecule has 0 unspecified atom stereocenters. The van der Waals surface area contributed by atoms with Crippen molar-refractivity contribution in [1.29, 1.82) is 0 Å². The zero-order valence-electron chi connectivity index (χ0n) is 13.9. The minimum atomic E-state index is 0.0627. The van der Waals surface area contributed by atoms with Crippen molar-refractivity contribution >= 4 is 22.4 Å². The van der Waals surface area contributed by atoms with Gasteiger partial charge in [-0.2, -0.15) is 0 Å². The molecule has 1 N–H and O–H groups in total. The zero-order valence-corrected chi connectivity index (χ0v) is 14.7. The van der Waals surface area contributed by atoms with Gasteiger partial charge in [-0.3, -0.25) is 4.79 Å². The fourth-order valence-corrected chi connectivity index (χ4v) is 4.08. The second kappa shape index (κ2) is 6.71. The van der Waals surface area contributed by atoms with Gasteiger partial charge in [0.25, 0.3) is 5.91 Å². The van der Waals surface area contributed by atoms with Gasteiger partial charge in [-0.1, -0.05) is 17.7 Å². The third kappa shape index (κ3) is 3.55. The molecular formula is C18H23N3OS. The number of nitrogens with zero attached hydrogens (tertiary/aromatic N) is 2. The monoisotopic (exact) mass is 329 g/mol. The number of amides is 1. The normalized spacial score (nSPS) is 15.7. The molecule has 4 nitrogen and oxygen atoms in total. The topological polar surface area (TPSA) is 45.2 Å². The van der Waals surface area contributed by atoms with E-state index < -0.39 is 0 Å². The first-order chi connectivity index (χ1) is 11.0. The standard InChI is InChI=1S/C18H23N3OS/c1-12-10-13(2)16(14(3)11-12)17(22)20-15-4-7-21(8-5-15)18-19-6-9-23-18/h6,9-11,15H,4-5,7-8H2,1-3H3,(H,20,22). The molecule has 1 aromatic heterocycles. The van der Waals surface area contributed by atoms with E-state index in [9.17, 15) is 4.79 Å². The Bertz CT molecular complexity index is 665. The number of thiazole rings is 1. The summed E-state index contributed by atoms with van der Waals surface area (Å²) in [5.41, 5.74) is 4.15.